The van der Waals surface area contributed by atoms with Gasteiger partial charge in [-0.15, -0.1) is 0 Å². The Morgan fingerprint density at radius 3 is 2.75 bits per heavy atom. The van der Waals surface area contributed by atoms with Gasteiger partial charge in [0.05, 0.1) is 12.6 Å². The summed E-state index contributed by atoms with van der Waals surface area (Å²) in [5.74, 6) is -0.266. The van der Waals surface area contributed by atoms with Crippen molar-refractivity contribution in [3.05, 3.63) is 27.9 Å². The summed E-state index contributed by atoms with van der Waals surface area (Å²) < 4.78 is 5.93. The Morgan fingerprint density at radius 1 is 1.50 bits per heavy atom. The molecule has 0 aliphatic rings. The number of carbonyl (C=O) groups is 1. The minimum atomic E-state index is -0.959. The molecule has 16 heavy (non-hydrogen) atoms. The number of hydrogen-bond donors (Lipinski definition) is 2. The standard InChI is InChI=1S/C11H10BrNO3/c1-5-7-3-6(16-2)4-8(12)10(7)13-9(5)11(14)15/h3-4,13H,1-2H3,(H,14,15). The van der Waals surface area contributed by atoms with Crippen LogP contribution in [0.1, 0.15) is 16.1 Å². The van der Waals surface area contributed by atoms with E-state index < -0.39 is 5.97 Å². The van der Waals surface area contributed by atoms with Crippen molar-refractivity contribution in [1.29, 1.82) is 0 Å². The van der Waals surface area contributed by atoms with Gasteiger partial charge >= 0.3 is 5.97 Å². The van der Waals surface area contributed by atoms with Gasteiger partial charge in [0.1, 0.15) is 11.4 Å². The quantitative estimate of drug-likeness (QED) is 0.891. The molecule has 2 rings (SSSR count). The summed E-state index contributed by atoms with van der Waals surface area (Å²) in [4.78, 5) is 13.9. The third-order valence-corrected chi connectivity index (χ3v) is 3.17. The second kappa shape index (κ2) is 3.83. The van der Waals surface area contributed by atoms with Crippen molar-refractivity contribution >= 4 is 32.8 Å². The minimum Gasteiger partial charge on any atom is -0.497 e. The molecule has 0 saturated heterocycles. The van der Waals surface area contributed by atoms with Gasteiger partial charge in [-0.1, -0.05) is 0 Å². The molecule has 84 valence electrons. The topological polar surface area (TPSA) is 62.3 Å². The van der Waals surface area contributed by atoms with Crippen LogP contribution in [0, 0.1) is 6.92 Å². The molecule has 5 heteroatoms. The number of aromatic carboxylic acids is 1. The Balaban J connectivity index is 2.81. The number of methoxy groups -OCH3 is 1. The molecule has 0 aliphatic heterocycles. The lowest BCUT2D eigenvalue weighted by Crippen LogP contribution is -1.98. The first-order valence-corrected chi connectivity index (χ1v) is 5.43. The highest BCUT2D eigenvalue weighted by molar-refractivity contribution is 9.10. The Kier molecular flexibility index (Phi) is 2.63. The highest BCUT2D eigenvalue weighted by Gasteiger charge is 2.15. The van der Waals surface area contributed by atoms with Crippen LogP contribution in [0.3, 0.4) is 0 Å². The Hall–Kier alpha value is -1.49. The molecule has 1 aromatic heterocycles. The van der Waals surface area contributed by atoms with Crippen LogP contribution < -0.4 is 4.74 Å². The molecule has 1 aromatic carbocycles. The highest BCUT2D eigenvalue weighted by atomic mass is 79.9. The van der Waals surface area contributed by atoms with Crippen LogP contribution in [0.25, 0.3) is 10.9 Å². The van der Waals surface area contributed by atoms with Gasteiger partial charge in [0.2, 0.25) is 0 Å². The van der Waals surface area contributed by atoms with Crippen molar-refractivity contribution in [1.82, 2.24) is 4.98 Å². The van der Waals surface area contributed by atoms with E-state index in [2.05, 4.69) is 20.9 Å². The maximum Gasteiger partial charge on any atom is 0.352 e. The number of halogens is 1. The number of aromatic nitrogens is 1. The molecule has 4 nitrogen and oxygen atoms in total. The first-order valence-electron chi connectivity index (χ1n) is 4.63. The van der Waals surface area contributed by atoms with Crippen LogP contribution >= 0.6 is 15.9 Å². The lowest BCUT2D eigenvalue weighted by Gasteiger charge is -2.01. The fourth-order valence-corrected chi connectivity index (χ4v) is 2.23. The summed E-state index contributed by atoms with van der Waals surface area (Å²) in [6.07, 6.45) is 0. The van der Waals surface area contributed by atoms with Gasteiger partial charge < -0.3 is 14.8 Å². The van der Waals surface area contributed by atoms with Gasteiger partial charge in [-0.2, -0.15) is 0 Å². The summed E-state index contributed by atoms with van der Waals surface area (Å²) in [6, 6.07) is 3.61. The molecule has 0 fully saturated rings. The number of benzene rings is 1. The number of hydrogen-bond acceptors (Lipinski definition) is 2. The van der Waals surface area contributed by atoms with E-state index in [9.17, 15) is 4.79 Å². The molecule has 0 aliphatic carbocycles. The summed E-state index contributed by atoms with van der Waals surface area (Å²) in [7, 11) is 1.58. The average molecular weight is 284 g/mol. The van der Waals surface area contributed by atoms with Crippen molar-refractivity contribution in [2.75, 3.05) is 7.11 Å². The van der Waals surface area contributed by atoms with Crippen LogP contribution in [0.4, 0.5) is 0 Å². The molecule has 0 atom stereocenters. The van der Waals surface area contributed by atoms with E-state index in [-0.39, 0.29) is 5.69 Å². The van der Waals surface area contributed by atoms with Crippen LogP contribution in [0.15, 0.2) is 16.6 Å². The number of aryl methyl sites for hydroxylation is 1. The van der Waals surface area contributed by atoms with Crippen LogP contribution in [-0.4, -0.2) is 23.2 Å². The predicted octanol–water partition coefficient (Wildman–Crippen LogP) is 2.95. The van der Waals surface area contributed by atoms with Crippen molar-refractivity contribution in [3.8, 4) is 5.75 Å². The number of rotatable bonds is 2. The molecule has 0 saturated carbocycles. The van der Waals surface area contributed by atoms with Crippen LogP contribution in [0.2, 0.25) is 0 Å². The minimum absolute atomic E-state index is 0.212. The summed E-state index contributed by atoms with van der Waals surface area (Å²) in [5.41, 5.74) is 1.70. The fraction of sp³-hybridized carbons (Fsp3) is 0.182. The molecular weight excluding hydrogens is 274 g/mol. The number of fused-ring (bicyclic) bond motifs is 1. The van der Waals surface area contributed by atoms with Crippen molar-refractivity contribution < 1.29 is 14.6 Å². The second-order valence-corrected chi connectivity index (χ2v) is 4.32. The molecule has 2 N–H and O–H groups in total. The zero-order valence-electron chi connectivity index (χ0n) is 8.80. The van der Waals surface area contributed by atoms with E-state index in [1.54, 1.807) is 20.1 Å². The number of carboxylic acids is 1. The first-order chi connectivity index (χ1) is 7.54. The summed E-state index contributed by atoms with van der Waals surface area (Å²) >= 11 is 3.38. The van der Waals surface area contributed by atoms with Gasteiger partial charge in [-0.05, 0) is 40.5 Å². The van der Waals surface area contributed by atoms with E-state index >= 15 is 0 Å². The monoisotopic (exact) mass is 283 g/mol. The maximum atomic E-state index is 11.0. The van der Waals surface area contributed by atoms with E-state index in [1.165, 1.54) is 0 Å². The second-order valence-electron chi connectivity index (χ2n) is 3.46. The zero-order chi connectivity index (χ0) is 11.9. The largest absolute Gasteiger partial charge is 0.497 e. The SMILES string of the molecule is COc1cc(Br)c2[nH]c(C(=O)O)c(C)c2c1. The molecule has 0 amide bonds. The number of nitrogens with one attached hydrogen (secondary N) is 1. The van der Waals surface area contributed by atoms with Crippen molar-refractivity contribution in [3.63, 3.8) is 0 Å². The summed E-state index contributed by atoms with van der Waals surface area (Å²) in [6.45, 7) is 1.77. The lowest BCUT2D eigenvalue weighted by molar-refractivity contribution is 0.0691. The van der Waals surface area contributed by atoms with Gasteiger partial charge in [-0.3, -0.25) is 0 Å². The van der Waals surface area contributed by atoms with Gasteiger partial charge in [0.25, 0.3) is 0 Å². The Labute approximate surface area is 100 Å². The third kappa shape index (κ3) is 1.57. The lowest BCUT2D eigenvalue weighted by atomic mass is 10.1. The van der Waals surface area contributed by atoms with E-state index in [0.29, 0.717) is 11.3 Å². The van der Waals surface area contributed by atoms with Gasteiger partial charge in [0.15, 0.2) is 0 Å². The van der Waals surface area contributed by atoms with Crippen LogP contribution in [-0.2, 0) is 0 Å². The number of carboxylic acid groups (broad SMARTS) is 1. The summed E-state index contributed by atoms with van der Waals surface area (Å²) in [5, 5.41) is 9.86. The predicted molar refractivity (Wildman–Crippen MR) is 64.2 cm³/mol. The molecule has 0 unspecified atom stereocenters. The number of aromatic amines is 1. The van der Waals surface area contributed by atoms with E-state index in [0.717, 1.165) is 15.4 Å². The fourth-order valence-electron chi connectivity index (χ4n) is 1.69. The van der Waals surface area contributed by atoms with Crippen molar-refractivity contribution in [2.45, 2.75) is 6.92 Å². The van der Waals surface area contributed by atoms with Crippen molar-refractivity contribution in [2.24, 2.45) is 0 Å². The Bertz CT molecular complexity index is 574. The normalized spacial score (nSPS) is 10.7. The molecule has 0 radical (unpaired) electrons. The molecular formula is C11H10BrNO3. The average Bonchev–Trinajstić information content (AvgIpc) is 2.57. The van der Waals surface area contributed by atoms with Gasteiger partial charge in [-0.25, -0.2) is 4.79 Å². The molecule has 2 aromatic rings. The number of ether oxygens (including phenoxy) is 1. The molecule has 0 spiro atoms. The Morgan fingerprint density at radius 2 is 2.19 bits per heavy atom. The van der Waals surface area contributed by atoms with Crippen LogP contribution in [0.5, 0.6) is 5.75 Å². The zero-order valence-corrected chi connectivity index (χ0v) is 10.4. The molecule has 0 bridgehead atoms. The third-order valence-electron chi connectivity index (χ3n) is 2.54. The van der Waals surface area contributed by atoms with E-state index in [1.807, 2.05) is 6.07 Å². The number of H-pyrrole nitrogens is 1. The maximum absolute atomic E-state index is 11.0. The molecule has 1 heterocycles. The first kappa shape index (κ1) is 11.0. The van der Waals surface area contributed by atoms with E-state index in [4.69, 9.17) is 9.84 Å². The smallest absolute Gasteiger partial charge is 0.352 e. The highest BCUT2D eigenvalue weighted by Crippen LogP contribution is 2.32. The van der Waals surface area contributed by atoms with Gasteiger partial charge in [0, 0.05) is 9.86 Å².